The lowest BCUT2D eigenvalue weighted by Crippen LogP contribution is -2.21. The molecule has 3 aromatic rings. The highest BCUT2D eigenvalue weighted by molar-refractivity contribution is 7.74. The van der Waals surface area contributed by atoms with Crippen molar-refractivity contribution >= 4 is 35.9 Å². The third kappa shape index (κ3) is 11.7. The van der Waals surface area contributed by atoms with Crippen molar-refractivity contribution in [1.29, 1.82) is 0 Å². The van der Waals surface area contributed by atoms with Crippen molar-refractivity contribution in [3.05, 3.63) is 83.9 Å². The van der Waals surface area contributed by atoms with Crippen molar-refractivity contribution in [3.8, 4) is 11.5 Å². The zero-order valence-electron chi connectivity index (χ0n) is 27.4. The van der Waals surface area contributed by atoms with Gasteiger partial charge in [0.05, 0.1) is 49.2 Å². The number of methoxy groups -OCH3 is 2. The highest BCUT2D eigenvalue weighted by atomic mass is 31.2. The molecule has 10 heteroatoms. The maximum absolute atomic E-state index is 13.7. The number of carbonyl (C=O) groups excluding carboxylic acids is 3. The van der Waals surface area contributed by atoms with Crippen LogP contribution in [-0.4, -0.2) is 45.3 Å². The van der Waals surface area contributed by atoms with Crippen LogP contribution in [0.25, 0.3) is 0 Å². The van der Waals surface area contributed by atoms with Gasteiger partial charge in [0, 0.05) is 6.42 Å². The Kier molecular flexibility index (Phi) is 14.8. The zero-order chi connectivity index (χ0) is 33.6. The van der Waals surface area contributed by atoms with E-state index in [1.807, 2.05) is 41.5 Å². The molecule has 9 nitrogen and oxygen atoms in total. The molecule has 0 saturated carbocycles. The highest BCUT2D eigenvalue weighted by Crippen LogP contribution is 2.45. The molecule has 45 heavy (non-hydrogen) atoms. The SMILES string of the molecule is CC(C)COC(=O)c1ccccc1C(=O)OCC(C)C.COc1ccc(P(=O)(OC(=O)CC(C)C)c2ccc(OC)cc2)cc1. The predicted octanol–water partition coefficient (Wildman–Crippen LogP) is 6.83. The molecule has 0 unspecified atom stereocenters. The van der Waals surface area contributed by atoms with Crippen LogP contribution in [0, 0.1) is 17.8 Å². The maximum atomic E-state index is 13.7. The molecular weight excluding hydrogens is 595 g/mol. The van der Waals surface area contributed by atoms with Gasteiger partial charge in [-0.25, -0.2) is 9.59 Å². The zero-order valence-corrected chi connectivity index (χ0v) is 28.3. The van der Waals surface area contributed by atoms with Crippen LogP contribution in [0.15, 0.2) is 72.8 Å². The molecule has 3 aromatic carbocycles. The second-order valence-corrected chi connectivity index (χ2v) is 13.9. The second-order valence-electron chi connectivity index (χ2n) is 11.5. The first-order valence-corrected chi connectivity index (χ1v) is 16.5. The van der Waals surface area contributed by atoms with E-state index in [4.69, 9.17) is 23.5 Å². The van der Waals surface area contributed by atoms with Crippen LogP contribution in [0.3, 0.4) is 0 Å². The Bertz CT molecular complexity index is 1330. The van der Waals surface area contributed by atoms with Gasteiger partial charge in [-0.2, -0.15) is 0 Å². The molecule has 0 aliphatic carbocycles. The Morgan fingerprint density at radius 2 is 0.978 bits per heavy atom. The Balaban J connectivity index is 0.000000322. The summed E-state index contributed by atoms with van der Waals surface area (Å²) < 4.78 is 39.8. The Morgan fingerprint density at radius 3 is 1.29 bits per heavy atom. The van der Waals surface area contributed by atoms with Crippen molar-refractivity contribution in [2.24, 2.45) is 17.8 Å². The maximum Gasteiger partial charge on any atom is 0.339 e. The topological polar surface area (TPSA) is 114 Å². The number of esters is 2. The molecule has 0 spiro atoms. The fraction of sp³-hybridized carbons (Fsp3) is 0.400. The molecule has 0 aromatic heterocycles. The molecule has 0 aliphatic heterocycles. The van der Waals surface area contributed by atoms with Crippen molar-refractivity contribution in [2.75, 3.05) is 27.4 Å². The van der Waals surface area contributed by atoms with Crippen LogP contribution in [0.5, 0.6) is 11.5 Å². The minimum absolute atomic E-state index is 0.118. The number of carbonyl (C=O) groups is 3. The number of rotatable bonds is 13. The van der Waals surface area contributed by atoms with E-state index >= 15 is 0 Å². The fourth-order valence-corrected chi connectivity index (χ4v) is 5.76. The van der Waals surface area contributed by atoms with Crippen molar-refractivity contribution in [3.63, 3.8) is 0 Å². The van der Waals surface area contributed by atoms with Gasteiger partial charge in [-0.15, -0.1) is 0 Å². The number of hydrogen-bond donors (Lipinski definition) is 0. The van der Waals surface area contributed by atoms with Gasteiger partial charge in [0.1, 0.15) is 11.5 Å². The summed E-state index contributed by atoms with van der Waals surface area (Å²) in [6.45, 7) is 12.3. The van der Waals surface area contributed by atoms with Crippen molar-refractivity contribution in [2.45, 2.75) is 48.0 Å². The van der Waals surface area contributed by atoms with E-state index in [9.17, 15) is 18.9 Å². The van der Waals surface area contributed by atoms with Gasteiger partial charge < -0.3 is 23.5 Å². The van der Waals surface area contributed by atoms with Gasteiger partial charge in [0.2, 0.25) is 0 Å². The van der Waals surface area contributed by atoms with Crippen molar-refractivity contribution in [1.82, 2.24) is 0 Å². The summed E-state index contributed by atoms with van der Waals surface area (Å²) in [6.07, 6.45) is 0.205. The number of benzene rings is 3. The molecule has 0 radical (unpaired) electrons. The molecule has 0 fully saturated rings. The van der Waals surface area contributed by atoms with Gasteiger partial charge in [0.25, 0.3) is 0 Å². The Hall–Kier alpha value is -4.10. The van der Waals surface area contributed by atoms with Crippen LogP contribution < -0.4 is 20.1 Å². The second kappa shape index (κ2) is 18.0. The van der Waals surface area contributed by atoms with Crippen LogP contribution in [0.1, 0.15) is 68.7 Å². The molecule has 0 bridgehead atoms. The minimum atomic E-state index is -3.56. The lowest BCUT2D eigenvalue weighted by molar-refractivity contribution is -0.134. The first-order chi connectivity index (χ1) is 21.3. The number of ether oxygens (including phenoxy) is 4. The first-order valence-electron chi connectivity index (χ1n) is 14.9. The molecule has 0 amide bonds. The van der Waals surface area contributed by atoms with E-state index in [1.165, 1.54) is 0 Å². The molecule has 244 valence electrons. The van der Waals surface area contributed by atoms with Gasteiger partial charge in [-0.05, 0) is 78.4 Å². The van der Waals surface area contributed by atoms with Gasteiger partial charge in [-0.3, -0.25) is 9.36 Å². The Morgan fingerprint density at radius 1 is 0.600 bits per heavy atom. The van der Waals surface area contributed by atoms with Crippen LogP contribution >= 0.6 is 7.37 Å². The number of hydrogen-bond acceptors (Lipinski definition) is 9. The van der Waals surface area contributed by atoms with Crippen LogP contribution in [-0.2, 0) is 23.4 Å². The van der Waals surface area contributed by atoms with E-state index in [2.05, 4.69) is 0 Å². The fourth-order valence-electron chi connectivity index (χ4n) is 3.80. The monoisotopic (exact) mass is 640 g/mol. The predicted molar refractivity (Wildman–Crippen MR) is 175 cm³/mol. The lowest BCUT2D eigenvalue weighted by Gasteiger charge is -2.20. The van der Waals surface area contributed by atoms with Gasteiger partial charge in [-0.1, -0.05) is 53.7 Å². The average Bonchev–Trinajstić information content (AvgIpc) is 3.02. The summed E-state index contributed by atoms with van der Waals surface area (Å²) in [5.41, 5.74) is 0.504. The Labute approximate surface area is 266 Å². The average molecular weight is 641 g/mol. The van der Waals surface area contributed by atoms with E-state index in [0.29, 0.717) is 35.3 Å². The molecule has 0 atom stereocenters. The van der Waals surface area contributed by atoms with E-state index in [0.717, 1.165) is 0 Å². The van der Waals surface area contributed by atoms with Crippen LogP contribution in [0.2, 0.25) is 0 Å². The third-order valence-electron chi connectivity index (χ3n) is 6.09. The third-order valence-corrected chi connectivity index (χ3v) is 8.51. The standard InChI is InChI=1S/C19H23O5P.C16H22O4/c1-14(2)13-19(20)24-25(21,17-9-5-15(22-3)6-10-17)18-11-7-16(23-4)8-12-18;1-11(2)9-19-15(17)13-7-5-6-8-14(13)16(18)20-10-12(3)4/h5-12,14H,13H2,1-4H3;5-8,11-12H,9-10H2,1-4H3. The molecule has 0 aliphatic rings. The summed E-state index contributed by atoms with van der Waals surface area (Å²) in [7, 11) is -0.445. The van der Waals surface area contributed by atoms with Gasteiger partial charge in [0.15, 0.2) is 0 Å². The first kappa shape index (κ1) is 37.1. The van der Waals surface area contributed by atoms with E-state index in [-0.39, 0.29) is 35.3 Å². The molecule has 0 N–H and O–H groups in total. The summed E-state index contributed by atoms with van der Waals surface area (Å²) in [5, 5.41) is 0.881. The van der Waals surface area contributed by atoms with Gasteiger partial charge >= 0.3 is 25.3 Å². The summed E-state index contributed by atoms with van der Waals surface area (Å²) in [6, 6.07) is 20.0. The molecular formula is C35H45O9P. The van der Waals surface area contributed by atoms with E-state index < -0.39 is 25.3 Å². The summed E-state index contributed by atoms with van der Waals surface area (Å²) >= 11 is 0. The summed E-state index contributed by atoms with van der Waals surface area (Å²) in [5.74, 6) is 0.430. The minimum Gasteiger partial charge on any atom is -0.497 e. The normalized spacial score (nSPS) is 11.0. The largest absolute Gasteiger partial charge is 0.497 e. The lowest BCUT2D eigenvalue weighted by atomic mass is 10.1. The molecule has 0 heterocycles. The molecule has 0 saturated heterocycles. The summed E-state index contributed by atoms with van der Waals surface area (Å²) in [4.78, 5) is 36.2. The van der Waals surface area contributed by atoms with E-state index in [1.54, 1.807) is 87.0 Å². The highest BCUT2D eigenvalue weighted by Gasteiger charge is 2.32. The van der Waals surface area contributed by atoms with Crippen molar-refractivity contribution < 1.29 is 42.4 Å². The quantitative estimate of drug-likeness (QED) is 0.146. The smallest absolute Gasteiger partial charge is 0.339 e. The van der Waals surface area contributed by atoms with Crippen LogP contribution in [0.4, 0.5) is 0 Å². The molecule has 3 rings (SSSR count).